The molecule has 1 aliphatic heterocycles. The van der Waals surface area contributed by atoms with Gasteiger partial charge < -0.3 is 15.5 Å². The van der Waals surface area contributed by atoms with Gasteiger partial charge >= 0.3 is 6.03 Å². The zero-order valence-corrected chi connectivity index (χ0v) is 20.7. The summed E-state index contributed by atoms with van der Waals surface area (Å²) in [7, 11) is 0. The molecule has 1 saturated carbocycles. The van der Waals surface area contributed by atoms with E-state index in [9.17, 15) is 14.0 Å². The number of tetrazole rings is 1. The number of aromatic nitrogens is 4. The SMILES string of the molecule is O=C(Nc1cccc(-c2nnn[nH]2)c1)N[C@@H]1CCCC[C@H]1C(=O)N1CCC[C@@H](Cc2ccc(F)cc2)C1. The van der Waals surface area contributed by atoms with Crippen molar-refractivity contribution >= 4 is 17.6 Å². The maximum absolute atomic E-state index is 13.6. The van der Waals surface area contributed by atoms with E-state index in [0.29, 0.717) is 24.0 Å². The number of benzene rings is 2. The molecule has 3 amide bonds. The molecule has 10 heteroatoms. The van der Waals surface area contributed by atoms with Crippen LogP contribution in [0.25, 0.3) is 11.4 Å². The van der Waals surface area contributed by atoms with Gasteiger partial charge in [0.15, 0.2) is 5.82 Å². The summed E-state index contributed by atoms with van der Waals surface area (Å²) in [6.45, 7) is 1.45. The fourth-order valence-corrected chi connectivity index (χ4v) is 5.58. The van der Waals surface area contributed by atoms with Gasteiger partial charge in [-0.2, -0.15) is 0 Å². The van der Waals surface area contributed by atoms with E-state index in [4.69, 9.17) is 0 Å². The number of urea groups is 1. The predicted octanol–water partition coefficient (Wildman–Crippen LogP) is 4.17. The van der Waals surface area contributed by atoms with Gasteiger partial charge in [0.1, 0.15) is 5.82 Å². The molecule has 1 saturated heterocycles. The molecule has 1 aromatic heterocycles. The van der Waals surface area contributed by atoms with Crippen molar-refractivity contribution in [3.8, 4) is 11.4 Å². The molecule has 194 valence electrons. The van der Waals surface area contributed by atoms with E-state index in [1.54, 1.807) is 12.1 Å². The Morgan fingerprint density at radius 1 is 1.05 bits per heavy atom. The first-order valence-corrected chi connectivity index (χ1v) is 13.0. The molecule has 9 nitrogen and oxygen atoms in total. The number of hydrogen-bond acceptors (Lipinski definition) is 5. The predicted molar refractivity (Wildman–Crippen MR) is 137 cm³/mol. The lowest BCUT2D eigenvalue weighted by Crippen LogP contribution is -2.52. The number of amides is 3. The molecule has 0 radical (unpaired) electrons. The number of anilines is 1. The molecule has 2 aliphatic rings. The minimum atomic E-state index is -0.328. The van der Waals surface area contributed by atoms with Gasteiger partial charge in [0.25, 0.3) is 0 Å². The van der Waals surface area contributed by atoms with Crippen molar-refractivity contribution in [3.05, 3.63) is 59.9 Å². The van der Waals surface area contributed by atoms with E-state index in [1.165, 1.54) is 12.1 Å². The van der Waals surface area contributed by atoms with Crippen LogP contribution in [-0.2, 0) is 11.2 Å². The first kappa shape index (κ1) is 24.9. The molecule has 2 aromatic carbocycles. The fourth-order valence-electron chi connectivity index (χ4n) is 5.58. The fraction of sp³-hybridized carbons (Fsp3) is 0.444. The van der Waals surface area contributed by atoms with E-state index in [0.717, 1.165) is 62.6 Å². The third kappa shape index (κ3) is 6.31. The van der Waals surface area contributed by atoms with Gasteiger partial charge in [-0.05, 0) is 78.3 Å². The molecule has 3 N–H and O–H groups in total. The van der Waals surface area contributed by atoms with E-state index < -0.39 is 0 Å². The molecule has 0 bridgehead atoms. The molecule has 3 atom stereocenters. The van der Waals surface area contributed by atoms with Crippen LogP contribution in [0.15, 0.2) is 48.5 Å². The Labute approximate surface area is 215 Å². The molecule has 5 rings (SSSR count). The van der Waals surface area contributed by atoms with Crippen molar-refractivity contribution in [2.75, 3.05) is 18.4 Å². The highest BCUT2D eigenvalue weighted by molar-refractivity contribution is 5.91. The van der Waals surface area contributed by atoms with Crippen molar-refractivity contribution in [2.24, 2.45) is 11.8 Å². The second kappa shape index (κ2) is 11.5. The van der Waals surface area contributed by atoms with Crippen LogP contribution in [0.3, 0.4) is 0 Å². The summed E-state index contributed by atoms with van der Waals surface area (Å²) in [6.07, 6.45) is 6.37. The van der Waals surface area contributed by atoms with Crippen LogP contribution in [0, 0.1) is 17.7 Å². The van der Waals surface area contributed by atoms with Crippen LogP contribution in [0.1, 0.15) is 44.1 Å². The summed E-state index contributed by atoms with van der Waals surface area (Å²) in [4.78, 5) is 28.5. The Kier molecular flexibility index (Phi) is 7.72. The quantitative estimate of drug-likeness (QED) is 0.465. The molecule has 2 heterocycles. The molecular weight excluding hydrogens is 473 g/mol. The van der Waals surface area contributed by atoms with Gasteiger partial charge in [0.2, 0.25) is 5.91 Å². The first-order valence-electron chi connectivity index (χ1n) is 13.0. The second-order valence-corrected chi connectivity index (χ2v) is 10.0. The maximum atomic E-state index is 13.6. The van der Waals surface area contributed by atoms with Gasteiger partial charge in [0.05, 0.1) is 5.92 Å². The number of carbonyl (C=O) groups excluding carboxylic acids is 2. The van der Waals surface area contributed by atoms with Crippen molar-refractivity contribution in [1.29, 1.82) is 0 Å². The zero-order chi connectivity index (χ0) is 25.6. The standard InChI is InChI=1S/C27H32FN7O2/c28-21-12-10-18(11-13-21)15-19-5-4-14-35(17-19)26(36)23-8-1-2-9-24(23)30-27(37)29-22-7-3-6-20(16-22)25-31-33-34-32-25/h3,6-7,10-13,16,19,23-24H,1-2,4-5,8-9,14-15,17H2,(H2,29,30,37)(H,31,32,33,34)/t19-,23+,24+/m0/s1. The monoisotopic (exact) mass is 505 g/mol. The molecule has 0 unspecified atom stereocenters. The minimum Gasteiger partial charge on any atom is -0.342 e. The maximum Gasteiger partial charge on any atom is 0.319 e. The molecule has 1 aliphatic carbocycles. The number of aromatic amines is 1. The van der Waals surface area contributed by atoms with Crippen molar-refractivity contribution in [2.45, 2.75) is 51.0 Å². The van der Waals surface area contributed by atoms with Gasteiger partial charge in [-0.15, -0.1) is 5.10 Å². The Morgan fingerprint density at radius 2 is 1.89 bits per heavy atom. The Balaban J connectivity index is 1.19. The van der Waals surface area contributed by atoms with Crippen LogP contribution in [0.4, 0.5) is 14.9 Å². The summed E-state index contributed by atoms with van der Waals surface area (Å²) in [5.74, 6) is 0.544. The number of nitrogens with one attached hydrogen (secondary N) is 3. The van der Waals surface area contributed by atoms with Gasteiger partial charge in [0, 0.05) is 30.4 Å². The average Bonchev–Trinajstić information content (AvgIpc) is 3.46. The summed E-state index contributed by atoms with van der Waals surface area (Å²) >= 11 is 0. The summed E-state index contributed by atoms with van der Waals surface area (Å²) in [5.41, 5.74) is 2.47. The normalized spacial score (nSPS) is 21.9. The molecule has 2 fully saturated rings. The molecule has 3 aromatic rings. The van der Waals surface area contributed by atoms with Gasteiger partial charge in [-0.3, -0.25) is 4.79 Å². The number of H-pyrrole nitrogens is 1. The number of piperidine rings is 1. The van der Waals surface area contributed by atoms with Crippen LogP contribution in [0.2, 0.25) is 0 Å². The van der Waals surface area contributed by atoms with Crippen LogP contribution in [-0.4, -0.2) is 56.6 Å². The third-order valence-electron chi connectivity index (χ3n) is 7.41. The summed E-state index contributed by atoms with van der Waals surface area (Å²) in [6, 6.07) is 13.4. The van der Waals surface area contributed by atoms with Crippen LogP contribution < -0.4 is 10.6 Å². The number of hydrogen-bond donors (Lipinski definition) is 3. The van der Waals surface area contributed by atoms with Crippen molar-refractivity contribution in [3.63, 3.8) is 0 Å². The number of halogens is 1. The van der Waals surface area contributed by atoms with Gasteiger partial charge in [-0.1, -0.05) is 37.1 Å². The largest absolute Gasteiger partial charge is 0.342 e. The Morgan fingerprint density at radius 3 is 2.70 bits per heavy atom. The highest BCUT2D eigenvalue weighted by Gasteiger charge is 2.36. The smallest absolute Gasteiger partial charge is 0.319 e. The highest BCUT2D eigenvalue weighted by atomic mass is 19.1. The molecule has 0 spiro atoms. The molecular formula is C27H32FN7O2. The number of carbonyl (C=O) groups is 2. The van der Waals surface area contributed by atoms with Crippen LogP contribution in [0.5, 0.6) is 0 Å². The minimum absolute atomic E-state index is 0.133. The topological polar surface area (TPSA) is 116 Å². The summed E-state index contributed by atoms with van der Waals surface area (Å²) < 4.78 is 13.3. The second-order valence-electron chi connectivity index (χ2n) is 10.0. The zero-order valence-electron chi connectivity index (χ0n) is 20.7. The third-order valence-corrected chi connectivity index (χ3v) is 7.41. The van der Waals surface area contributed by atoms with E-state index in [1.807, 2.05) is 29.2 Å². The van der Waals surface area contributed by atoms with E-state index >= 15 is 0 Å². The average molecular weight is 506 g/mol. The molecule has 37 heavy (non-hydrogen) atoms. The lowest BCUT2D eigenvalue weighted by Gasteiger charge is -2.39. The van der Waals surface area contributed by atoms with E-state index in [-0.39, 0.29) is 29.7 Å². The lowest BCUT2D eigenvalue weighted by atomic mass is 9.82. The number of likely N-dealkylation sites (tertiary alicyclic amines) is 1. The van der Waals surface area contributed by atoms with Gasteiger partial charge in [-0.25, -0.2) is 14.3 Å². The first-order chi connectivity index (χ1) is 18.0. The Bertz CT molecular complexity index is 1200. The van der Waals surface area contributed by atoms with Crippen molar-refractivity contribution < 1.29 is 14.0 Å². The number of rotatable bonds is 6. The van der Waals surface area contributed by atoms with E-state index in [2.05, 4.69) is 31.3 Å². The van der Waals surface area contributed by atoms with Crippen LogP contribution >= 0.6 is 0 Å². The number of nitrogens with zero attached hydrogens (tertiary/aromatic N) is 4. The van der Waals surface area contributed by atoms with Crippen molar-refractivity contribution in [1.82, 2.24) is 30.8 Å². The highest BCUT2D eigenvalue weighted by Crippen LogP contribution is 2.29. The summed E-state index contributed by atoms with van der Waals surface area (Å²) in [5, 5.41) is 19.7. The Hall–Kier alpha value is -3.82. The lowest BCUT2D eigenvalue weighted by molar-refractivity contribution is -0.139.